The predicted octanol–water partition coefficient (Wildman–Crippen LogP) is 5.58. The minimum Gasteiger partial charge on any atom is -0.356 e. The molecule has 0 spiro atoms. The predicted molar refractivity (Wildman–Crippen MR) is 153 cm³/mol. The molecule has 5 aromatic rings. The van der Waals surface area contributed by atoms with Crippen LogP contribution in [0.15, 0.2) is 109 Å². The zero-order valence-corrected chi connectivity index (χ0v) is 21.6. The summed E-state index contributed by atoms with van der Waals surface area (Å²) in [6, 6.07) is 32.6. The number of imide groups is 1. The van der Waals surface area contributed by atoms with Crippen molar-refractivity contribution in [3.8, 4) is 0 Å². The van der Waals surface area contributed by atoms with Gasteiger partial charge in [0.1, 0.15) is 12.1 Å². The summed E-state index contributed by atoms with van der Waals surface area (Å²) in [6.07, 6.45) is 0.395. The number of aromatic nitrogens is 1. The van der Waals surface area contributed by atoms with Gasteiger partial charge in [0, 0.05) is 29.6 Å². The number of H-pyrrole nitrogens is 1. The number of carbonyl (C=O) groups is 3. The highest BCUT2D eigenvalue weighted by Gasteiger charge is 2.53. The number of hydrogen-bond donors (Lipinski definition) is 2. The van der Waals surface area contributed by atoms with Crippen LogP contribution in [-0.2, 0) is 17.8 Å². The van der Waals surface area contributed by atoms with Crippen molar-refractivity contribution in [1.29, 1.82) is 0 Å². The van der Waals surface area contributed by atoms with Crippen LogP contribution in [0.4, 0.5) is 10.5 Å². The first-order valence-corrected chi connectivity index (χ1v) is 13.3. The lowest BCUT2D eigenvalue weighted by atomic mass is 9.89. The normalized spacial score (nSPS) is 18.1. The molecule has 0 unspecified atom stereocenters. The lowest BCUT2D eigenvalue weighted by Gasteiger charge is -2.36. The standard InChI is InChI=1S/C33H26N4O3/c38-31(34-20-21-11-3-1-4-12-21)24-16-8-10-18-27(24)37-32(39)28-19-25-23-15-7-9-17-26(23)35-29(25)30(36(28)33(37)40)22-13-5-2-6-14-22/h1-18,28,30,35H,19-20H2,(H,34,38)/t28-,30-/m0/s1. The molecular weight excluding hydrogens is 500 g/mol. The minimum atomic E-state index is -0.690. The van der Waals surface area contributed by atoms with E-state index in [1.165, 1.54) is 4.90 Å². The molecule has 2 N–H and O–H groups in total. The van der Waals surface area contributed by atoms with Gasteiger partial charge in [-0.2, -0.15) is 0 Å². The summed E-state index contributed by atoms with van der Waals surface area (Å²) < 4.78 is 0. The first-order chi connectivity index (χ1) is 19.6. The monoisotopic (exact) mass is 526 g/mol. The highest BCUT2D eigenvalue weighted by atomic mass is 16.2. The largest absolute Gasteiger partial charge is 0.356 e. The quantitative estimate of drug-likeness (QED) is 0.293. The zero-order valence-electron chi connectivity index (χ0n) is 21.6. The Morgan fingerprint density at radius 3 is 2.30 bits per heavy atom. The Morgan fingerprint density at radius 1 is 0.825 bits per heavy atom. The number of fused-ring (bicyclic) bond motifs is 4. The number of nitrogens with zero attached hydrogens (tertiary/aromatic N) is 2. The van der Waals surface area contributed by atoms with Crippen molar-refractivity contribution >= 4 is 34.4 Å². The molecule has 1 saturated heterocycles. The van der Waals surface area contributed by atoms with Crippen molar-refractivity contribution in [2.45, 2.75) is 25.0 Å². The Bertz CT molecular complexity index is 1760. The van der Waals surface area contributed by atoms with Crippen LogP contribution in [0.2, 0.25) is 0 Å². The third kappa shape index (κ3) is 3.78. The Morgan fingerprint density at radius 2 is 1.50 bits per heavy atom. The molecule has 7 nitrogen and oxygen atoms in total. The highest BCUT2D eigenvalue weighted by molar-refractivity contribution is 6.24. The van der Waals surface area contributed by atoms with Crippen molar-refractivity contribution in [2.24, 2.45) is 0 Å². The van der Waals surface area contributed by atoms with E-state index in [0.717, 1.165) is 33.3 Å². The fourth-order valence-corrected chi connectivity index (χ4v) is 6.01. The van der Waals surface area contributed by atoms with E-state index in [1.54, 1.807) is 29.2 Å². The second kappa shape index (κ2) is 9.54. The molecule has 2 aliphatic rings. The zero-order chi connectivity index (χ0) is 27.2. The first kappa shape index (κ1) is 23.9. The van der Waals surface area contributed by atoms with E-state index in [9.17, 15) is 14.4 Å². The molecule has 0 bridgehead atoms. The topological polar surface area (TPSA) is 85.5 Å². The molecule has 2 atom stereocenters. The molecule has 40 heavy (non-hydrogen) atoms. The number of aromatic amines is 1. The SMILES string of the molecule is O=C(NCc1ccccc1)c1ccccc1N1C(=O)[C@@H]2Cc3c([nH]c4ccccc34)[C@H](c3ccccc3)N2C1=O. The van der Waals surface area contributed by atoms with Gasteiger partial charge in [-0.25, -0.2) is 9.69 Å². The summed E-state index contributed by atoms with van der Waals surface area (Å²) >= 11 is 0. The van der Waals surface area contributed by atoms with Crippen molar-refractivity contribution in [2.75, 3.05) is 4.90 Å². The second-order valence-electron chi connectivity index (χ2n) is 10.1. The number of para-hydroxylation sites is 2. The summed E-state index contributed by atoms with van der Waals surface area (Å²) in [5.41, 5.74) is 5.38. The third-order valence-corrected chi connectivity index (χ3v) is 7.85. The van der Waals surface area contributed by atoms with E-state index < -0.39 is 18.1 Å². The Hall–Kier alpha value is -5.17. The van der Waals surface area contributed by atoms with Gasteiger partial charge in [-0.15, -0.1) is 0 Å². The molecule has 7 rings (SSSR count). The van der Waals surface area contributed by atoms with Crippen LogP contribution in [0.25, 0.3) is 10.9 Å². The molecule has 2 aliphatic heterocycles. The summed E-state index contributed by atoms with van der Waals surface area (Å²) in [7, 11) is 0. The van der Waals surface area contributed by atoms with Crippen LogP contribution >= 0.6 is 0 Å². The molecule has 7 heteroatoms. The molecular formula is C33H26N4O3. The number of benzene rings is 4. The molecule has 196 valence electrons. The highest BCUT2D eigenvalue weighted by Crippen LogP contribution is 2.45. The average Bonchev–Trinajstić information content (AvgIpc) is 3.49. The molecule has 4 aromatic carbocycles. The van der Waals surface area contributed by atoms with E-state index in [4.69, 9.17) is 0 Å². The van der Waals surface area contributed by atoms with Gasteiger partial charge in [-0.3, -0.25) is 14.5 Å². The summed E-state index contributed by atoms with van der Waals surface area (Å²) in [6.45, 7) is 0.336. The molecule has 4 amide bonds. The van der Waals surface area contributed by atoms with Gasteiger partial charge < -0.3 is 10.3 Å². The van der Waals surface area contributed by atoms with Crippen molar-refractivity contribution in [3.05, 3.63) is 137 Å². The third-order valence-electron chi connectivity index (χ3n) is 7.85. The number of rotatable bonds is 5. The lowest BCUT2D eigenvalue weighted by molar-refractivity contribution is -0.120. The average molecular weight is 527 g/mol. The Balaban J connectivity index is 1.28. The van der Waals surface area contributed by atoms with Gasteiger partial charge in [0.2, 0.25) is 0 Å². The van der Waals surface area contributed by atoms with E-state index in [0.29, 0.717) is 13.0 Å². The van der Waals surface area contributed by atoms with Crippen LogP contribution in [0.5, 0.6) is 0 Å². The van der Waals surface area contributed by atoms with Crippen LogP contribution in [0.1, 0.15) is 38.8 Å². The van der Waals surface area contributed by atoms with E-state index >= 15 is 0 Å². The minimum absolute atomic E-state index is 0.278. The van der Waals surface area contributed by atoms with E-state index in [-0.39, 0.29) is 23.1 Å². The number of urea groups is 1. The van der Waals surface area contributed by atoms with E-state index in [1.807, 2.05) is 84.9 Å². The van der Waals surface area contributed by atoms with Crippen molar-refractivity contribution < 1.29 is 14.4 Å². The number of hydrogen-bond acceptors (Lipinski definition) is 3. The molecule has 3 heterocycles. The molecule has 0 radical (unpaired) electrons. The van der Waals surface area contributed by atoms with Gasteiger partial charge in [-0.1, -0.05) is 91.0 Å². The number of nitrogens with one attached hydrogen (secondary N) is 2. The molecule has 0 aliphatic carbocycles. The summed E-state index contributed by atoms with van der Waals surface area (Å²) in [5.74, 6) is -0.675. The van der Waals surface area contributed by atoms with Crippen molar-refractivity contribution in [3.63, 3.8) is 0 Å². The first-order valence-electron chi connectivity index (χ1n) is 13.3. The van der Waals surface area contributed by atoms with Crippen LogP contribution in [-0.4, -0.2) is 33.8 Å². The maximum Gasteiger partial charge on any atom is 0.332 e. The number of carbonyl (C=O) groups excluding carboxylic acids is 3. The van der Waals surface area contributed by atoms with Crippen LogP contribution in [0.3, 0.4) is 0 Å². The Labute approximate surface area is 231 Å². The van der Waals surface area contributed by atoms with Crippen LogP contribution < -0.4 is 10.2 Å². The van der Waals surface area contributed by atoms with Gasteiger partial charge in [0.05, 0.1) is 11.3 Å². The Kier molecular flexibility index (Phi) is 5.70. The molecule has 1 fully saturated rings. The number of amides is 4. The maximum absolute atomic E-state index is 14.2. The smallest absolute Gasteiger partial charge is 0.332 e. The fourth-order valence-electron chi connectivity index (χ4n) is 6.01. The van der Waals surface area contributed by atoms with Crippen LogP contribution in [0, 0.1) is 0 Å². The van der Waals surface area contributed by atoms with Gasteiger partial charge in [0.25, 0.3) is 11.8 Å². The van der Waals surface area contributed by atoms with Gasteiger partial charge in [-0.05, 0) is 34.9 Å². The second-order valence-corrected chi connectivity index (χ2v) is 10.1. The molecule has 1 aromatic heterocycles. The summed E-state index contributed by atoms with van der Waals surface area (Å²) in [5, 5.41) is 3.98. The van der Waals surface area contributed by atoms with Crippen molar-refractivity contribution in [1.82, 2.24) is 15.2 Å². The van der Waals surface area contributed by atoms with E-state index in [2.05, 4.69) is 10.3 Å². The number of anilines is 1. The fraction of sp³-hybridized carbons (Fsp3) is 0.121. The lowest BCUT2D eigenvalue weighted by Crippen LogP contribution is -2.44. The van der Waals surface area contributed by atoms with Gasteiger partial charge >= 0.3 is 6.03 Å². The molecule has 0 saturated carbocycles. The summed E-state index contributed by atoms with van der Waals surface area (Å²) in [4.78, 5) is 48.0. The van der Waals surface area contributed by atoms with Gasteiger partial charge in [0.15, 0.2) is 0 Å². The maximum atomic E-state index is 14.2.